The fourth-order valence-corrected chi connectivity index (χ4v) is 4.80. The number of aryl methyl sites for hydroxylation is 2. The predicted octanol–water partition coefficient (Wildman–Crippen LogP) is 5.35. The summed E-state index contributed by atoms with van der Waals surface area (Å²) in [4.78, 5) is 19.8. The van der Waals surface area contributed by atoms with Crippen LogP contribution in [0.3, 0.4) is 0 Å². The molecule has 0 unspecified atom stereocenters. The minimum atomic E-state index is 0.0400. The van der Waals surface area contributed by atoms with Gasteiger partial charge in [0, 0.05) is 11.9 Å². The van der Waals surface area contributed by atoms with Crippen LogP contribution < -0.4 is 5.56 Å². The first kappa shape index (κ1) is 16.8. The Bertz CT molecular complexity index is 1070. The molecule has 0 radical (unpaired) electrons. The summed E-state index contributed by atoms with van der Waals surface area (Å²) >= 11 is 13.7. The molecule has 0 fully saturated rings. The van der Waals surface area contributed by atoms with Crippen molar-refractivity contribution in [2.45, 2.75) is 25.7 Å². The first-order valence-corrected chi connectivity index (χ1v) is 9.76. The van der Waals surface area contributed by atoms with E-state index in [2.05, 4.69) is 0 Å². The molecule has 1 aliphatic rings. The van der Waals surface area contributed by atoms with Gasteiger partial charge in [-0.2, -0.15) is 0 Å². The number of benzene rings is 1. The Morgan fingerprint density at radius 1 is 1.16 bits per heavy atom. The van der Waals surface area contributed by atoms with E-state index < -0.39 is 0 Å². The number of hydrogen-bond acceptors (Lipinski definition) is 3. The first-order valence-electron chi connectivity index (χ1n) is 8.19. The first-order chi connectivity index (χ1) is 12.0. The third-order valence-corrected chi connectivity index (χ3v) is 6.52. The number of thiophene rings is 1. The maximum atomic E-state index is 12.8. The Hall–Kier alpha value is -1.62. The molecule has 4 rings (SSSR count). The molecule has 0 aliphatic heterocycles. The van der Waals surface area contributed by atoms with E-state index in [0.717, 1.165) is 35.0 Å². The lowest BCUT2D eigenvalue weighted by Gasteiger charge is -2.10. The number of fused-ring (bicyclic) bond motifs is 3. The van der Waals surface area contributed by atoms with Crippen molar-refractivity contribution in [3.05, 3.63) is 60.4 Å². The summed E-state index contributed by atoms with van der Waals surface area (Å²) in [5.41, 5.74) is 2.17. The molecule has 0 saturated carbocycles. The van der Waals surface area contributed by atoms with Crippen LogP contribution in [0.5, 0.6) is 0 Å². The van der Waals surface area contributed by atoms with E-state index in [-0.39, 0.29) is 5.56 Å². The Balaban J connectivity index is 1.80. The Kier molecular flexibility index (Phi) is 4.44. The number of rotatable bonds is 2. The van der Waals surface area contributed by atoms with Crippen LogP contribution in [0.25, 0.3) is 22.4 Å². The van der Waals surface area contributed by atoms with Crippen molar-refractivity contribution in [3.63, 3.8) is 0 Å². The quantitative estimate of drug-likeness (QED) is 0.590. The third-order valence-electron chi connectivity index (χ3n) is 4.60. The lowest BCUT2D eigenvalue weighted by molar-refractivity contribution is 0.699. The molecule has 0 saturated heterocycles. The van der Waals surface area contributed by atoms with Gasteiger partial charge in [-0.05, 0) is 55.0 Å². The van der Waals surface area contributed by atoms with Gasteiger partial charge in [0.2, 0.25) is 0 Å². The molecule has 1 aromatic carbocycles. The maximum absolute atomic E-state index is 12.8. The monoisotopic (exact) mass is 390 g/mol. The summed E-state index contributed by atoms with van der Waals surface area (Å²) in [6.45, 7) is 0. The molecule has 2 heterocycles. The van der Waals surface area contributed by atoms with E-state index >= 15 is 0 Å². The number of aromatic nitrogens is 2. The van der Waals surface area contributed by atoms with Gasteiger partial charge in [0.1, 0.15) is 10.7 Å². The SMILES string of the molecule is Cn1c(/C=C/c2ccc(Cl)c(Cl)c2)nc2sc3c(c2c1=O)CCCC3. The minimum absolute atomic E-state index is 0.0400. The third kappa shape index (κ3) is 3.03. The van der Waals surface area contributed by atoms with Crippen molar-refractivity contribution in [1.82, 2.24) is 9.55 Å². The standard InChI is InChI=1S/C19H16Cl2N2OS/c1-23-16(9-7-11-6-8-13(20)14(21)10-11)22-18-17(19(23)24)12-4-2-3-5-15(12)25-18/h6-10H,2-5H2,1H3/b9-7+. The maximum Gasteiger partial charge on any atom is 0.262 e. The second-order valence-corrected chi connectivity index (χ2v) is 8.13. The van der Waals surface area contributed by atoms with E-state index in [1.807, 2.05) is 18.2 Å². The molecule has 1 aliphatic carbocycles. The smallest absolute Gasteiger partial charge is 0.262 e. The molecular formula is C19H16Cl2N2OS. The summed E-state index contributed by atoms with van der Waals surface area (Å²) in [5.74, 6) is 0.641. The lowest BCUT2D eigenvalue weighted by atomic mass is 9.97. The van der Waals surface area contributed by atoms with Crippen LogP contribution in [0.15, 0.2) is 23.0 Å². The van der Waals surface area contributed by atoms with Gasteiger partial charge in [0.15, 0.2) is 0 Å². The molecule has 25 heavy (non-hydrogen) atoms. The summed E-state index contributed by atoms with van der Waals surface area (Å²) in [6, 6.07) is 5.43. The molecular weight excluding hydrogens is 375 g/mol. The highest BCUT2D eigenvalue weighted by Crippen LogP contribution is 2.33. The van der Waals surface area contributed by atoms with Gasteiger partial charge in [0.05, 0.1) is 15.4 Å². The summed E-state index contributed by atoms with van der Waals surface area (Å²) in [5, 5.41) is 1.84. The van der Waals surface area contributed by atoms with Crippen LogP contribution in [-0.2, 0) is 19.9 Å². The molecule has 0 N–H and O–H groups in total. The van der Waals surface area contributed by atoms with Crippen LogP contribution in [-0.4, -0.2) is 9.55 Å². The van der Waals surface area contributed by atoms with Gasteiger partial charge >= 0.3 is 0 Å². The van der Waals surface area contributed by atoms with Gasteiger partial charge in [-0.1, -0.05) is 35.3 Å². The van der Waals surface area contributed by atoms with Gasteiger partial charge in [-0.3, -0.25) is 9.36 Å². The molecule has 0 spiro atoms. The topological polar surface area (TPSA) is 34.9 Å². The van der Waals surface area contributed by atoms with Crippen molar-refractivity contribution in [2.24, 2.45) is 7.05 Å². The largest absolute Gasteiger partial charge is 0.296 e. The van der Waals surface area contributed by atoms with Gasteiger partial charge in [-0.15, -0.1) is 11.3 Å². The highest BCUT2D eigenvalue weighted by atomic mass is 35.5. The fraction of sp³-hybridized carbons (Fsp3) is 0.263. The number of nitrogens with zero attached hydrogens (tertiary/aromatic N) is 2. The molecule has 2 aromatic heterocycles. The fourth-order valence-electron chi connectivity index (χ4n) is 3.24. The number of halogens is 2. The average molecular weight is 391 g/mol. The lowest BCUT2D eigenvalue weighted by Crippen LogP contribution is -2.21. The van der Waals surface area contributed by atoms with Crippen molar-refractivity contribution in [2.75, 3.05) is 0 Å². The van der Waals surface area contributed by atoms with E-state index in [4.69, 9.17) is 28.2 Å². The van der Waals surface area contributed by atoms with Gasteiger partial charge in [-0.25, -0.2) is 4.98 Å². The highest BCUT2D eigenvalue weighted by Gasteiger charge is 2.20. The molecule has 6 heteroatoms. The number of hydrogen-bond donors (Lipinski definition) is 0. The molecule has 3 nitrogen and oxygen atoms in total. The normalized spacial score (nSPS) is 14.4. The summed E-state index contributed by atoms with van der Waals surface area (Å²) < 4.78 is 1.62. The van der Waals surface area contributed by atoms with E-state index in [1.165, 1.54) is 16.9 Å². The van der Waals surface area contributed by atoms with E-state index in [1.54, 1.807) is 35.1 Å². The van der Waals surface area contributed by atoms with E-state index in [9.17, 15) is 4.79 Å². The van der Waals surface area contributed by atoms with Crippen LogP contribution >= 0.6 is 34.5 Å². The van der Waals surface area contributed by atoms with Gasteiger partial charge in [0.25, 0.3) is 5.56 Å². The zero-order chi connectivity index (χ0) is 17.6. The molecule has 0 amide bonds. The van der Waals surface area contributed by atoms with Crippen molar-refractivity contribution in [1.29, 1.82) is 0 Å². The zero-order valence-corrected chi connectivity index (χ0v) is 16.0. The molecule has 3 aromatic rings. The van der Waals surface area contributed by atoms with Crippen molar-refractivity contribution >= 4 is 56.9 Å². The van der Waals surface area contributed by atoms with Crippen LogP contribution in [0, 0.1) is 0 Å². The van der Waals surface area contributed by atoms with Crippen molar-refractivity contribution in [3.8, 4) is 0 Å². The Labute approximate surface area is 159 Å². The van der Waals surface area contributed by atoms with Gasteiger partial charge < -0.3 is 0 Å². The molecule has 128 valence electrons. The van der Waals surface area contributed by atoms with E-state index in [0.29, 0.717) is 15.9 Å². The van der Waals surface area contributed by atoms with Crippen molar-refractivity contribution < 1.29 is 0 Å². The van der Waals surface area contributed by atoms with Crippen LogP contribution in [0.4, 0.5) is 0 Å². The predicted molar refractivity (Wildman–Crippen MR) is 107 cm³/mol. The minimum Gasteiger partial charge on any atom is -0.296 e. The summed E-state index contributed by atoms with van der Waals surface area (Å²) in [7, 11) is 1.77. The van der Waals surface area contributed by atoms with Crippen LogP contribution in [0.2, 0.25) is 10.0 Å². The Morgan fingerprint density at radius 2 is 1.96 bits per heavy atom. The van der Waals surface area contributed by atoms with Crippen LogP contribution in [0.1, 0.15) is 34.7 Å². The molecule has 0 atom stereocenters. The Morgan fingerprint density at radius 3 is 2.76 bits per heavy atom. The zero-order valence-electron chi connectivity index (χ0n) is 13.7. The average Bonchev–Trinajstić information content (AvgIpc) is 2.98. The second-order valence-electron chi connectivity index (χ2n) is 6.23. The second kappa shape index (κ2) is 6.60. The summed E-state index contributed by atoms with van der Waals surface area (Å²) in [6.07, 6.45) is 8.15. The highest BCUT2D eigenvalue weighted by molar-refractivity contribution is 7.18. The molecule has 0 bridgehead atoms.